The van der Waals surface area contributed by atoms with Crippen molar-refractivity contribution in [2.75, 3.05) is 40.6 Å². The van der Waals surface area contributed by atoms with Crippen LogP contribution in [-0.2, 0) is 4.79 Å². The van der Waals surface area contributed by atoms with Crippen molar-refractivity contribution in [3.05, 3.63) is 23.2 Å². The second-order valence-electron chi connectivity index (χ2n) is 5.63. The van der Waals surface area contributed by atoms with E-state index in [9.17, 15) is 4.79 Å². The highest BCUT2D eigenvalue weighted by Gasteiger charge is 2.24. The molecule has 1 aromatic carbocycles. The Morgan fingerprint density at radius 3 is 2.77 bits per heavy atom. The Morgan fingerprint density at radius 2 is 2.05 bits per heavy atom. The van der Waals surface area contributed by atoms with Crippen molar-refractivity contribution in [1.82, 2.24) is 0 Å². The first kappa shape index (κ1) is 16.3. The van der Waals surface area contributed by atoms with E-state index in [1.807, 2.05) is 30.0 Å². The molecule has 3 rings (SSSR count). The van der Waals surface area contributed by atoms with Crippen LogP contribution in [0.4, 0.5) is 11.4 Å². The van der Waals surface area contributed by atoms with E-state index in [4.69, 9.17) is 11.6 Å². The summed E-state index contributed by atoms with van der Waals surface area (Å²) in [7, 11) is 0. The van der Waals surface area contributed by atoms with Crippen molar-refractivity contribution >= 4 is 52.4 Å². The van der Waals surface area contributed by atoms with Gasteiger partial charge in [-0.05, 0) is 37.5 Å². The van der Waals surface area contributed by atoms with Crippen LogP contribution in [-0.4, -0.2) is 41.5 Å². The number of carbonyl (C=O) groups is 1. The SMILES string of the molecule is O=C(Nc1cc(Cl)ccc1N1CCCCC1)C1CSCCS1. The first-order valence-corrected chi connectivity index (χ1v) is 10.4. The fourth-order valence-corrected chi connectivity index (χ4v) is 5.60. The molecule has 3 nitrogen and oxygen atoms in total. The Bertz CT molecular complexity index is 529. The molecule has 0 saturated carbocycles. The standard InChI is InChI=1S/C16H21ClN2OS2/c17-12-4-5-14(19-6-2-1-3-7-19)13(10-12)18-16(20)15-11-21-8-9-22-15/h4-5,10,15H,1-3,6-9,11H2,(H,18,20). The quantitative estimate of drug-likeness (QED) is 0.883. The van der Waals surface area contributed by atoms with Crippen LogP contribution in [0.25, 0.3) is 0 Å². The zero-order valence-electron chi connectivity index (χ0n) is 12.5. The van der Waals surface area contributed by atoms with Gasteiger partial charge >= 0.3 is 0 Å². The first-order valence-electron chi connectivity index (χ1n) is 7.79. The van der Waals surface area contributed by atoms with Crippen LogP contribution in [0, 0.1) is 0 Å². The second kappa shape index (κ2) is 7.84. The molecule has 6 heteroatoms. The van der Waals surface area contributed by atoms with Gasteiger partial charge in [0, 0.05) is 35.4 Å². The van der Waals surface area contributed by atoms with E-state index >= 15 is 0 Å². The fourth-order valence-electron chi connectivity index (χ4n) is 2.87. The maximum Gasteiger partial charge on any atom is 0.238 e. The lowest BCUT2D eigenvalue weighted by Crippen LogP contribution is -2.33. The van der Waals surface area contributed by atoms with E-state index in [0.717, 1.165) is 41.7 Å². The molecule has 1 unspecified atom stereocenters. The van der Waals surface area contributed by atoms with Crippen molar-refractivity contribution in [3.63, 3.8) is 0 Å². The third-order valence-electron chi connectivity index (χ3n) is 4.02. The lowest BCUT2D eigenvalue weighted by atomic mass is 10.1. The van der Waals surface area contributed by atoms with E-state index in [2.05, 4.69) is 10.2 Å². The Balaban J connectivity index is 1.76. The fraction of sp³-hybridized carbons (Fsp3) is 0.562. The number of hydrogen-bond donors (Lipinski definition) is 1. The molecule has 2 aliphatic heterocycles. The van der Waals surface area contributed by atoms with Crippen molar-refractivity contribution in [2.45, 2.75) is 24.5 Å². The van der Waals surface area contributed by atoms with Crippen LogP contribution < -0.4 is 10.2 Å². The Labute approximate surface area is 145 Å². The van der Waals surface area contributed by atoms with Gasteiger partial charge < -0.3 is 10.2 Å². The van der Waals surface area contributed by atoms with E-state index in [-0.39, 0.29) is 11.2 Å². The molecule has 22 heavy (non-hydrogen) atoms. The Hall–Kier alpha value is -0.520. The number of carbonyl (C=O) groups excluding carboxylic acids is 1. The molecule has 1 amide bonds. The summed E-state index contributed by atoms with van der Waals surface area (Å²) in [6, 6.07) is 5.82. The van der Waals surface area contributed by atoms with E-state index in [1.54, 1.807) is 11.8 Å². The summed E-state index contributed by atoms with van der Waals surface area (Å²) < 4.78 is 0. The summed E-state index contributed by atoms with van der Waals surface area (Å²) in [4.78, 5) is 14.9. The molecule has 0 spiro atoms. The van der Waals surface area contributed by atoms with Gasteiger partial charge in [-0.25, -0.2) is 0 Å². The van der Waals surface area contributed by atoms with Crippen LogP contribution in [0.5, 0.6) is 0 Å². The third-order valence-corrected chi connectivity index (χ3v) is 7.01. The Morgan fingerprint density at radius 1 is 1.23 bits per heavy atom. The lowest BCUT2D eigenvalue weighted by molar-refractivity contribution is -0.115. The lowest BCUT2D eigenvalue weighted by Gasteiger charge is -2.31. The maximum absolute atomic E-state index is 12.5. The minimum absolute atomic E-state index is 0.0481. The summed E-state index contributed by atoms with van der Waals surface area (Å²) in [6.45, 7) is 2.11. The van der Waals surface area contributed by atoms with Crippen LogP contribution in [0.15, 0.2) is 18.2 Å². The highest BCUT2D eigenvalue weighted by molar-refractivity contribution is 8.07. The number of anilines is 2. The van der Waals surface area contributed by atoms with Crippen LogP contribution >= 0.6 is 35.1 Å². The number of nitrogens with one attached hydrogen (secondary N) is 1. The van der Waals surface area contributed by atoms with Gasteiger partial charge in [-0.3, -0.25) is 4.79 Å². The maximum atomic E-state index is 12.5. The van der Waals surface area contributed by atoms with Gasteiger partial charge in [0.05, 0.1) is 16.6 Å². The summed E-state index contributed by atoms with van der Waals surface area (Å²) in [6.07, 6.45) is 3.72. The van der Waals surface area contributed by atoms with Gasteiger partial charge in [0.25, 0.3) is 0 Å². The monoisotopic (exact) mass is 356 g/mol. The molecule has 1 N–H and O–H groups in total. The van der Waals surface area contributed by atoms with Gasteiger partial charge in [0.1, 0.15) is 0 Å². The summed E-state index contributed by atoms with van der Waals surface area (Å²) in [5, 5.41) is 3.84. The number of benzene rings is 1. The smallest absolute Gasteiger partial charge is 0.238 e. The van der Waals surface area contributed by atoms with Crippen LogP contribution in [0.3, 0.4) is 0 Å². The number of rotatable bonds is 3. The second-order valence-corrected chi connectivity index (χ2v) is 8.53. The predicted octanol–water partition coefficient (Wildman–Crippen LogP) is 4.12. The number of hydrogen-bond acceptors (Lipinski definition) is 4. The largest absolute Gasteiger partial charge is 0.370 e. The molecule has 0 aliphatic carbocycles. The zero-order chi connectivity index (χ0) is 15.4. The molecular formula is C16H21ClN2OS2. The summed E-state index contributed by atoms with van der Waals surface area (Å²) in [5.41, 5.74) is 1.96. The van der Waals surface area contributed by atoms with Gasteiger partial charge in [-0.1, -0.05) is 11.6 Å². The minimum Gasteiger partial charge on any atom is -0.370 e. The van der Waals surface area contributed by atoms with E-state index in [0.29, 0.717) is 5.02 Å². The topological polar surface area (TPSA) is 32.3 Å². The zero-order valence-corrected chi connectivity index (χ0v) is 14.9. The molecule has 2 saturated heterocycles. The first-order chi connectivity index (χ1) is 10.7. The minimum atomic E-state index is 0.0481. The van der Waals surface area contributed by atoms with Gasteiger partial charge in [-0.2, -0.15) is 11.8 Å². The average Bonchev–Trinajstić information content (AvgIpc) is 2.56. The molecule has 2 aliphatic rings. The summed E-state index contributed by atoms with van der Waals surface area (Å²) in [5.74, 6) is 3.20. The molecule has 0 bridgehead atoms. The van der Waals surface area contributed by atoms with Crippen molar-refractivity contribution in [3.8, 4) is 0 Å². The molecule has 120 valence electrons. The molecule has 2 fully saturated rings. The molecule has 0 aromatic heterocycles. The summed E-state index contributed by atoms with van der Waals surface area (Å²) >= 11 is 9.76. The average molecular weight is 357 g/mol. The van der Waals surface area contributed by atoms with Gasteiger partial charge in [0.2, 0.25) is 5.91 Å². The highest BCUT2D eigenvalue weighted by Crippen LogP contribution is 2.32. The van der Waals surface area contributed by atoms with Crippen molar-refractivity contribution in [2.24, 2.45) is 0 Å². The molecular weight excluding hydrogens is 336 g/mol. The van der Waals surface area contributed by atoms with E-state index in [1.165, 1.54) is 19.3 Å². The predicted molar refractivity (Wildman–Crippen MR) is 99.7 cm³/mol. The van der Waals surface area contributed by atoms with Crippen LogP contribution in [0.2, 0.25) is 5.02 Å². The van der Waals surface area contributed by atoms with Gasteiger partial charge in [0.15, 0.2) is 0 Å². The number of halogens is 1. The molecule has 1 atom stereocenters. The van der Waals surface area contributed by atoms with Gasteiger partial charge in [-0.15, -0.1) is 11.8 Å². The van der Waals surface area contributed by atoms with Crippen LogP contribution in [0.1, 0.15) is 19.3 Å². The number of piperidine rings is 1. The Kier molecular flexibility index (Phi) is 5.83. The third kappa shape index (κ3) is 4.06. The molecule has 2 heterocycles. The number of amides is 1. The highest BCUT2D eigenvalue weighted by atomic mass is 35.5. The van der Waals surface area contributed by atoms with Crippen molar-refractivity contribution in [1.29, 1.82) is 0 Å². The number of nitrogens with zero attached hydrogens (tertiary/aromatic N) is 1. The molecule has 1 aromatic rings. The molecule has 0 radical (unpaired) electrons. The normalized spacial score (nSPS) is 22.4. The van der Waals surface area contributed by atoms with E-state index < -0.39 is 0 Å². The number of thioether (sulfide) groups is 2. The van der Waals surface area contributed by atoms with Crippen molar-refractivity contribution < 1.29 is 4.79 Å².